The van der Waals surface area contributed by atoms with Gasteiger partial charge in [-0.2, -0.15) is 5.21 Å². The average molecular weight is 343 g/mol. The summed E-state index contributed by atoms with van der Waals surface area (Å²) in [4.78, 5) is 4.63. The highest BCUT2D eigenvalue weighted by Gasteiger charge is 2.01. The van der Waals surface area contributed by atoms with Crippen molar-refractivity contribution >= 4 is 17.0 Å². The Morgan fingerprint density at radius 2 is 1.96 bits per heavy atom. The Balaban J connectivity index is 1.39. The third kappa shape index (κ3) is 3.92. The van der Waals surface area contributed by atoms with Gasteiger partial charge in [-0.15, -0.1) is 10.2 Å². The van der Waals surface area contributed by atoms with E-state index >= 15 is 0 Å². The van der Waals surface area contributed by atoms with Crippen molar-refractivity contribution in [3.05, 3.63) is 83.8 Å². The van der Waals surface area contributed by atoms with E-state index in [0.29, 0.717) is 12.4 Å². The number of tetrazole rings is 1. The molecule has 2 aromatic heterocycles. The molecule has 0 fully saturated rings. The maximum Gasteiger partial charge on any atom is 0.197 e. The Hall–Kier alpha value is -3.54. The van der Waals surface area contributed by atoms with E-state index in [0.717, 1.165) is 34.3 Å². The van der Waals surface area contributed by atoms with Crippen molar-refractivity contribution in [2.24, 2.45) is 0 Å². The van der Waals surface area contributed by atoms with Gasteiger partial charge in [0.05, 0.1) is 11.2 Å². The highest BCUT2D eigenvalue weighted by Crippen LogP contribution is 2.17. The van der Waals surface area contributed by atoms with Gasteiger partial charge in [0.15, 0.2) is 5.82 Å². The fourth-order valence-corrected chi connectivity index (χ4v) is 2.65. The number of pyridine rings is 1. The SMILES string of the molecule is C(=C\c1nn[nH]n1)/Cc1cccc(OCc2ccc3ccccc3n2)c1. The summed E-state index contributed by atoms with van der Waals surface area (Å²) in [6, 6.07) is 20.2. The first-order valence-corrected chi connectivity index (χ1v) is 8.33. The number of hydrogen-bond acceptors (Lipinski definition) is 5. The number of rotatable bonds is 6. The third-order valence-corrected chi connectivity index (χ3v) is 3.92. The first-order valence-electron chi connectivity index (χ1n) is 8.33. The first kappa shape index (κ1) is 16.0. The van der Waals surface area contributed by atoms with Crippen LogP contribution < -0.4 is 4.74 Å². The monoisotopic (exact) mass is 343 g/mol. The number of aromatic amines is 1. The molecule has 0 amide bonds. The number of nitrogens with zero attached hydrogens (tertiary/aromatic N) is 4. The fourth-order valence-electron chi connectivity index (χ4n) is 2.65. The first-order chi connectivity index (χ1) is 12.9. The number of allylic oxidation sites excluding steroid dienone is 1. The molecule has 2 heterocycles. The number of para-hydroxylation sites is 1. The second kappa shape index (κ2) is 7.57. The summed E-state index contributed by atoms with van der Waals surface area (Å²) >= 11 is 0. The van der Waals surface area contributed by atoms with E-state index < -0.39 is 0 Å². The zero-order chi connectivity index (χ0) is 17.6. The number of hydrogen-bond donors (Lipinski definition) is 1. The molecule has 0 saturated heterocycles. The van der Waals surface area contributed by atoms with E-state index in [-0.39, 0.29) is 0 Å². The van der Waals surface area contributed by atoms with E-state index in [1.54, 1.807) is 0 Å². The van der Waals surface area contributed by atoms with Crippen molar-refractivity contribution in [2.75, 3.05) is 0 Å². The molecule has 0 aliphatic heterocycles. The molecular formula is C20H17N5O. The summed E-state index contributed by atoms with van der Waals surface area (Å²) in [6.07, 6.45) is 4.59. The van der Waals surface area contributed by atoms with Gasteiger partial charge in [0.1, 0.15) is 12.4 Å². The van der Waals surface area contributed by atoms with E-state index in [4.69, 9.17) is 4.74 Å². The van der Waals surface area contributed by atoms with Gasteiger partial charge in [0.2, 0.25) is 0 Å². The Bertz CT molecular complexity index is 1030. The van der Waals surface area contributed by atoms with Gasteiger partial charge in [0, 0.05) is 5.39 Å². The molecule has 6 nitrogen and oxygen atoms in total. The normalized spacial score (nSPS) is 11.2. The van der Waals surface area contributed by atoms with Crippen LogP contribution in [0.3, 0.4) is 0 Å². The molecule has 4 rings (SSSR count). The van der Waals surface area contributed by atoms with Crippen LogP contribution >= 0.6 is 0 Å². The largest absolute Gasteiger partial charge is 0.487 e. The van der Waals surface area contributed by atoms with Crippen molar-refractivity contribution in [1.29, 1.82) is 0 Å². The summed E-state index contributed by atoms with van der Waals surface area (Å²) < 4.78 is 5.91. The molecule has 0 saturated carbocycles. The van der Waals surface area contributed by atoms with Gasteiger partial charge >= 0.3 is 0 Å². The summed E-state index contributed by atoms with van der Waals surface area (Å²) in [6.45, 7) is 0.437. The minimum absolute atomic E-state index is 0.437. The molecule has 2 aromatic carbocycles. The maximum atomic E-state index is 5.91. The van der Waals surface area contributed by atoms with Crippen molar-refractivity contribution in [3.8, 4) is 5.75 Å². The molecule has 1 N–H and O–H groups in total. The summed E-state index contributed by atoms with van der Waals surface area (Å²) in [5, 5.41) is 14.8. The van der Waals surface area contributed by atoms with Crippen LogP contribution in [0.15, 0.2) is 66.7 Å². The molecule has 0 spiro atoms. The lowest BCUT2D eigenvalue weighted by Gasteiger charge is -2.08. The number of aromatic nitrogens is 5. The molecule has 4 aromatic rings. The van der Waals surface area contributed by atoms with Gasteiger partial charge in [0.25, 0.3) is 0 Å². The topological polar surface area (TPSA) is 76.6 Å². The Labute approximate surface area is 150 Å². The summed E-state index contributed by atoms with van der Waals surface area (Å²) in [5.74, 6) is 1.39. The quantitative estimate of drug-likeness (QED) is 0.579. The average Bonchev–Trinajstić information content (AvgIpc) is 3.20. The van der Waals surface area contributed by atoms with E-state index in [2.05, 4.69) is 43.8 Å². The van der Waals surface area contributed by atoms with Crippen LogP contribution in [-0.2, 0) is 13.0 Å². The lowest BCUT2D eigenvalue weighted by Crippen LogP contribution is -1.98. The Morgan fingerprint density at radius 3 is 2.88 bits per heavy atom. The van der Waals surface area contributed by atoms with Crippen LogP contribution in [0.1, 0.15) is 17.1 Å². The van der Waals surface area contributed by atoms with Gasteiger partial charge in [-0.1, -0.05) is 42.5 Å². The molecule has 128 valence electrons. The number of nitrogens with one attached hydrogen (secondary N) is 1. The number of H-pyrrole nitrogens is 1. The lowest BCUT2D eigenvalue weighted by molar-refractivity contribution is 0.301. The van der Waals surface area contributed by atoms with E-state index in [9.17, 15) is 0 Å². The number of ether oxygens (including phenoxy) is 1. The van der Waals surface area contributed by atoms with Crippen LogP contribution in [-0.4, -0.2) is 25.6 Å². The van der Waals surface area contributed by atoms with Crippen LogP contribution in [0.2, 0.25) is 0 Å². The Kier molecular flexibility index (Phi) is 4.64. The van der Waals surface area contributed by atoms with Crippen molar-refractivity contribution in [3.63, 3.8) is 0 Å². The molecule has 0 bridgehead atoms. The molecular weight excluding hydrogens is 326 g/mol. The second-order valence-corrected chi connectivity index (χ2v) is 5.81. The molecule has 6 heteroatoms. The van der Waals surface area contributed by atoms with Crippen molar-refractivity contribution in [1.82, 2.24) is 25.6 Å². The van der Waals surface area contributed by atoms with E-state index in [1.165, 1.54) is 0 Å². The minimum atomic E-state index is 0.437. The Morgan fingerprint density at radius 1 is 1.00 bits per heavy atom. The minimum Gasteiger partial charge on any atom is -0.487 e. The van der Waals surface area contributed by atoms with Crippen molar-refractivity contribution < 1.29 is 4.74 Å². The summed E-state index contributed by atoms with van der Waals surface area (Å²) in [5.41, 5.74) is 3.04. The smallest absolute Gasteiger partial charge is 0.197 e. The maximum absolute atomic E-state index is 5.91. The molecule has 0 atom stereocenters. The summed E-state index contributed by atoms with van der Waals surface area (Å²) in [7, 11) is 0. The zero-order valence-corrected chi connectivity index (χ0v) is 14.0. The van der Waals surface area contributed by atoms with Gasteiger partial charge in [-0.05, 0) is 47.5 Å². The predicted molar refractivity (Wildman–Crippen MR) is 99.4 cm³/mol. The standard InChI is InChI=1S/C20H17N5O/c1-2-9-19-16(7-1)11-12-17(21-19)14-26-18-8-3-5-15(13-18)6-4-10-20-22-24-25-23-20/h1-5,7-13H,6,14H2,(H,22,23,24,25)/b10-4+. The second-order valence-electron chi connectivity index (χ2n) is 5.81. The third-order valence-electron chi connectivity index (χ3n) is 3.92. The molecule has 0 unspecified atom stereocenters. The van der Waals surface area contributed by atoms with Gasteiger partial charge < -0.3 is 4.74 Å². The zero-order valence-electron chi connectivity index (χ0n) is 14.0. The molecule has 0 radical (unpaired) electrons. The van der Waals surface area contributed by atoms with Crippen LogP contribution in [0.4, 0.5) is 0 Å². The van der Waals surface area contributed by atoms with E-state index in [1.807, 2.05) is 54.6 Å². The molecule has 0 aliphatic rings. The predicted octanol–water partition coefficient (Wildman–Crippen LogP) is 3.58. The van der Waals surface area contributed by atoms with Crippen LogP contribution in [0, 0.1) is 0 Å². The highest BCUT2D eigenvalue weighted by atomic mass is 16.5. The fraction of sp³-hybridized carbons (Fsp3) is 0.100. The molecule has 26 heavy (non-hydrogen) atoms. The molecule has 0 aliphatic carbocycles. The number of benzene rings is 2. The van der Waals surface area contributed by atoms with Crippen LogP contribution in [0.5, 0.6) is 5.75 Å². The highest BCUT2D eigenvalue weighted by molar-refractivity contribution is 5.78. The van der Waals surface area contributed by atoms with Gasteiger partial charge in [-0.3, -0.25) is 0 Å². The van der Waals surface area contributed by atoms with Crippen molar-refractivity contribution in [2.45, 2.75) is 13.0 Å². The van der Waals surface area contributed by atoms with Crippen LogP contribution in [0.25, 0.3) is 17.0 Å². The number of fused-ring (bicyclic) bond motifs is 1. The van der Waals surface area contributed by atoms with Gasteiger partial charge in [-0.25, -0.2) is 4.98 Å². The lowest BCUT2D eigenvalue weighted by atomic mass is 10.1.